The summed E-state index contributed by atoms with van der Waals surface area (Å²) in [5.41, 5.74) is 6.85. The van der Waals surface area contributed by atoms with Gasteiger partial charge < -0.3 is 9.64 Å². The third-order valence-corrected chi connectivity index (χ3v) is 7.52. The van der Waals surface area contributed by atoms with E-state index in [1.807, 2.05) is 20.8 Å². The van der Waals surface area contributed by atoms with Gasteiger partial charge in [-0.1, -0.05) is 67.1 Å². The minimum Gasteiger partial charge on any atom is -0.465 e. The number of benzene rings is 2. The van der Waals surface area contributed by atoms with Crippen LogP contribution < -0.4 is 9.47 Å². The van der Waals surface area contributed by atoms with Gasteiger partial charge in [0.05, 0.1) is 17.4 Å². The van der Waals surface area contributed by atoms with Gasteiger partial charge in [-0.15, -0.1) is 0 Å². The van der Waals surface area contributed by atoms with Crippen LogP contribution in [-0.4, -0.2) is 19.1 Å². The normalized spacial score (nSPS) is 14.8. The predicted molar refractivity (Wildman–Crippen MR) is 163 cm³/mol. The lowest BCUT2D eigenvalue weighted by Gasteiger charge is -2.26. The number of aryl methyl sites for hydroxylation is 1. The van der Waals surface area contributed by atoms with Gasteiger partial charge in [-0.2, -0.15) is 4.57 Å². The molecule has 4 heteroatoms. The summed E-state index contributed by atoms with van der Waals surface area (Å²) in [5.74, 6) is -0.119. The number of aromatic nitrogens is 1. The summed E-state index contributed by atoms with van der Waals surface area (Å²) >= 11 is 0. The molecule has 0 saturated carbocycles. The molecule has 39 heavy (non-hydrogen) atoms. The highest BCUT2D eigenvalue weighted by atomic mass is 16.5. The van der Waals surface area contributed by atoms with Crippen molar-refractivity contribution >= 4 is 34.2 Å². The summed E-state index contributed by atoms with van der Waals surface area (Å²) in [6.45, 7) is 12.4. The van der Waals surface area contributed by atoms with Crippen LogP contribution in [0.2, 0.25) is 0 Å². The van der Waals surface area contributed by atoms with Crippen molar-refractivity contribution in [3.8, 4) is 0 Å². The molecule has 0 unspecified atom stereocenters. The molecule has 0 N–H and O–H groups in total. The van der Waals surface area contributed by atoms with Crippen molar-refractivity contribution in [3.05, 3.63) is 108 Å². The van der Waals surface area contributed by atoms with Crippen molar-refractivity contribution in [2.45, 2.75) is 54.0 Å². The van der Waals surface area contributed by atoms with Crippen molar-refractivity contribution in [3.63, 3.8) is 0 Å². The summed E-state index contributed by atoms with van der Waals surface area (Å²) in [4.78, 5) is 14.5. The molecule has 4 nitrogen and oxygen atoms in total. The molecule has 0 bridgehead atoms. The smallest absolute Gasteiger partial charge is 0.311 e. The third-order valence-electron chi connectivity index (χ3n) is 7.52. The fourth-order valence-electron chi connectivity index (χ4n) is 4.62. The van der Waals surface area contributed by atoms with Gasteiger partial charge in [0.15, 0.2) is 12.7 Å². The number of hydrogen-bond donors (Lipinski definition) is 0. The van der Waals surface area contributed by atoms with E-state index in [0.29, 0.717) is 6.61 Å². The Labute approximate surface area is 233 Å². The second-order valence-electron chi connectivity index (χ2n) is 10.7. The molecular weight excluding hydrogens is 480 g/mol. The Morgan fingerprint density at radius 3 is 2.62 bits per heavy atom. The molecule has 0 atom stereocenters. The van der Waals surface area contributed by atoms with Crippen LogP contribution >= 0.6 is 0 Å². The summed E-state index contributed by atoms with van der Waals surface area (Å²) in [7, 11) is 0. The molecule has 202 valence electrons. The molecule has 1 aliphatic rings. The molecule has 2 heterocycles. The highest BCUT2D eigenvalue weighted by Gasteiger charge is 2.27. The number of anilines is 1. The number of carbonyl (C=O) groups excluding carboxylic acids is 1. The van der Waals surface area contributed by atoms with Gasteiger partial charge in [0.2, 0.25) is 5.52 Å². The average molecular weight is 522 g/mol. The zero-order valence-electron chi connectivity index (χ0n) is 24.0. The molecule has 4 rings (SSSR count). The largest absolute Gasteiger partial charge is 0.465 e. The van der Waals surface area contributed by atoms with Crippen LogP contribution in [0, 0.1) is 5.41 Å². The molecule has 0 spiro atoms. The maximum Gasteiger partial charge on any atom is 0.311 e. The number of rotatable bonds is 10. The molecule has 0 amide bonds. The van der Waals surface area contributed by atoms with E-state index in [0.717, 1.165) is 25.9 Å². The second kappa shape index (κ2) is 12.8. The predicted octanol–water partition coefficient (Wildman–Crippen LogP) is 7.89. The number of allylic oxidation sites excluding steroid dienone is 6. The van der Waals surface area contributed by atoms with Crippen LogP contribution in [0.15, 0.2) is 96.9 Å². The summed E-state index contributed by atoms with van der Waals surface area (Å²) < 4.78 is 7.78. The first-order chi connectivity index (χ1) is 18.8. The second-order valence-corrected chi connectivity index (χ2v) is 10.7. The standard InChI is InChI=1S/C35H41N2O2/c1-6-35(4,5)34(38)39-26-12-23-37-25-22-29(31-14-9-11-16-33(31)37)20-18-27(3)17-19-28-21-24-36(7-2)32-15-10-8-13-30(28)32/h8-11,13-22,24-25H,6-7,12,23,26H2,1-5H3/q+1. The average Bonchev–Trinajstić information content (AvgIpc) is 2.97. The highest BCUT2D eigenvalue weighted by Crippen LogP contribution is 2.32. The zero-order valence-corrected chi connectivity index (χ0v) is 24.0. The topological polar surface area (TPSA) is 33.4 Å². The number of pyridine rings is 1. The monoisotopic (exact) mass is 521 g/mol. The van der Waals surface area contributed by atoms with E-state index in [2.05, 4.69) is 121 Å². The van der Waals surface area contributed by atoms with Crippen LogP contribution in [0.5, 0.6) is 0 Å². The van der Waals surface area contributed by atoms with E-state index in [1.54, 1.807) is 0 Å². The molecule has 3 aromatic rings. The molecule has 0 saturated heterocycles. The van der Waals surface area contributed by atoms with Crippen LogP contribution in [0.4, 0.5) is 5.69 Å². The van der Waals surface area contributed by atoms with Crippen molar-refractivity contribution in [1.29, 1.82) is 0 Å². The minimum absolute atomic E-state index is 0.119. The number of hydrogen-bond acceptors (Lipinski definition) is 3. The summed E-state index contributed by atoms with van der Waals surface area (Å²) in [6, 6.07) is 19.2. The lowest BCUT2D eigenvalue weighted by atomic mass is 9.91. The Bertz CT molecular complexity index is 1440. The molecule has 0 aliphatic carbocycles. The van der Waals surface area contributed by atoms with Gasteiger partial charge in [0, 0.05) is 42.5 Å². The van der Waals surface area contributed by atoms with E-state index in [4.69, 9.17) is 4.74 Å². The first kappa shape index (κ1) is 28.1. The van der Waals surface area contributed by atoms with Crippen LogP contribution in [0.25, 0.3) is 22.6 Å². The molecule has 0 fully saturated rings. The van der Waals surface area contributed by atoms with Crippen molar-refractivity contribution in [2.24, 2.45) is 5.41 Å². The highest BCUT2D eigenvalue weighted by molar-refractivity contribution is 5.87. The maximum absolute atomic E-state index is 12.3. The number of para-hydroxylation sites is 2. The number of fused-ring (bicyclic) bond motifs is 2. The molecule has 1 aliphatic heterocycles. The summed E-state index contributed by atoms with van der Waals surface area (Å²) in [6.07, 6.45) is 16.8. The van der Waals surface area contributed by atoms with E-state index in [9.17, 15) is 4.79 Å². The minimum atomic E-state index is -0.426. The van der Waals surface area contributed by atoms with Crippen molar-refractivity contribution in [2.75, 3.05) is 18.1 Å². The Morgan fingerprint density at radius 2 is 1.82 bits per heavy atom. The van der Waals surface area contributed by atoms with E-state index in [1.165, 1.54) is 38.9 Å². The Kier molecular flexibility index (Phi) is 9.19. The zero-order chi connectivity index (χ0) is 27.8. The third kappa shape index (κ3) is 6.75. The Morgan fingerprint density at radius 1 is 1.05 bits per heavy atom. The number of esters is 1. The van der Waals surface area contributed by atoms with Gasteiger partial charge in [-0.05, 0) is 63.5 Å². The fourth-order valence-corrected chi connectivity index (χ4v) is 4.62. The van der Waals surface area contributed by atoms with Gasteiger partial charge in [-0.25, -0.2) is 0 Å². The molecule has 2 aromatic carbocycles. The lowest BCUT2D eigenvalue weighted by Crippen LogP contribution is -2.35. The van der Waals surface area contributed by atoms with Gasteiger partial charge in [0.1, 0.15) is 0 Å². The molecule has 1 aromatic heterocycles. The fraction of sp³-hybridized carbons (Fsp3) is 0.314. The van der Waals surface area contributed by atoms with Crippen LogP contribution in [-0.2, 0) is 16.1 Å². The van der Waals surface area contributed by atoms with E-state index >= 15 is 0 Å². The van der Waals surface area contributed by atoms with Crippen molar-refractivity contribution in [1.82, 2.24) is 0 Å². The SMILES string of the molecule is CCN1C=C/C(=C/C=C(C)/C=C/c2cc[n+](CCCOC(=O)C(C)(C)CC)c3ccccc23)c2ccccc21. The quantitative estimate of drug-likeness (QED) is 0.118. The van der Waals surface area contributed by atoms with Gasteiger partial charge in [-0.3, -0.25) is 4.79 Å². The Hall–Kier alpha value is -3.92. The molecular formula is C35H41N2O2+. The van der Waals surface area contributed by atoms with E-state index < -0.39 is 5.41 Å². The molecule has 0 radical (unpaired) electrons. The van der Waals surface area contributed by atoms with E-state index in [-0.39, 0.29) is 5.97 Å². The van der Waals surface area contributed by atoms with Gasteiger partial charge in [0.25, 0.3) is 0 Å². The Balaban J connectivity index is 1.46. The van der Waals surface area contributed by atoms with Crippen molar-refractivity contribution < 1.29 is 14.1 Å². The van der Waals surface area contributed by atoms with Crippen LogP contribution in [0.1, 0.15) is 58.6 Å². The number of nitrogens with zero attached hydrogens (tertiary/aromatic N) is 2. The number of carbonyl (C=O) groups is 1. The maximum atomic E-state index is 12.3. The lowest BCUT2D eigenvalue weighted by molar-refractivity contribution is -0.672. The summed E-state index contributed by atoms with van der Waals surface area (Å²) in [5, 5.41) is 1.20. The van der Waals surface area contributed by atoms with Crippen LogP contribution in [0.3, 0.4) is 0 Å². The first-order valence-corrected chi connectivity index (χ1v) is 14.0. The first-order valence-electron chi connectivity index (χ1n) is 14.0. The van der Waals surface area contributed by atoms with Gasteiger partial charge >= 0.3 is 5.97 Å². The number of ether oxygens (including phenoxy) is 1.